The highest BCUT2D eigenvalue weighted by Crippen LogP contribution is 2.22. The Bertz CT molecular complexity index is 469. The van der Waals surface area contributed by atoms with Gasteiger partial charge in [-0.25, -0.2) is 0 Å². The van der Waals surface area contributed by atoms with Gasteiger partial charge in [0.1, 0.15) is 0 Å². The van der Waals surface area contributed by atoms with Gasteiger partial charge in [-0.1, -0.05) is 11.6 Å². The number of carbonyl (C=O) groups is 1. The lowest BCUT2D eigenvalue weighted by molar-refractivity contribution is -0.121. The molecular weight excluding hydrogens is 298 g/mol. The standard InChI is InChI=1S/C17H26ClN3O/c1-13(17(22)20-16-5-3-15(18)4-6-16)21-11-8-14(9-12-21)7-10-19-2/h3-6,13-14,19H,7-12H2,1-2H3,(H,20,22). The van der Waals surface area contributed by atoms with Crippen LogP contribution in [-0.4, -0.2) is 43.5 Å². The highest BCUT2D eigenvalue weighted by Gasteiger charge is 2.26. The molecule has 0 bridgehead atoms. The number of anilines is 1. The monoisotopic (exact) mass is 323 g/mol. The quantitative estimate of drug-likeness (QED) is 0.846. The van der Waals surface area contributed by atoms with E-state index in [0.29, 0.717) is 5.02 Å². The van der Waals surface area contributed by atoms with Crippen LogP contribution < -0.4 is 10.6 Å². The van der Waals surface area contributed by atoms with Gasteiger partial charge >= 0.3 is 0 Å². The average molecular weight is 324 g/mol. The first-order chi connectivity index (χ1) is 10.6. The number of rotatable bonds is 6. The molecule has 1 aromatic rings. The Morgan fingerprint density at radius 2 is 1.95 bits per heavy atom. The fourth-order valence-electron chi connectivity index (χ4n) is 2.92. The van der Waals surface area contributed by atoms with E-state index >= 15 is 0 Å². The summed E-state index contributed by atoms with van der Waals surface area (Å²) in [7, 11) is 2.00. The predicted octanol–water partition coefficient (Wildman–Crippen LogP) is 2.99. The summed E-state index contributed by atoms with van der Waals surface area (Å²) >= 11 is 5.86. The van der Waals surface area contributed by atoms with Gasteiger partial charge in [0.05, 0.1) is 6.04 Å². The molecule has 122 valence electrons. The number of carbonyl (C=O) groups excluding carboxylic acids is 1. The number of nitrogens with one attached hydrogen (secondary N) is 2. The fourth-order valence-corrected chi connectivity index (χ4v) is 3.05. The van der Waals surface area contributed by atoms with Crippen LogP contribution in [0.15, 0.2) is 24.3 Å². The molecule has 1 aliphatic heterocycles. The van der Waals surface area contributed by atoms with Gasteiger partial charge in [0.25, 0.3) is 0 Å². The summed E-state index contributed by atoms with van der Waals surface area (Å²) in [5.74, 6) is 0.839. The molecule has 22 heavy (non-hydrogen) atoms. The van der Waals surface area contributed by atoms with Gasteiger partial charge in [-0.2, -0.15) is 0 Å². The summed E-state index contributed by atoms with van der Waals surface area (Å²) in [4.78, 5) is 14.6. The number of likely N-dealkylation sites (tertiary alicyclic amines) is 1. The zero-order valence-electron chi connectivity index (χ0n) is 13.4. The third-order valence-electron chi connectivity index (χ3n) is 4.49. The summed E-state index contributed by atoms with van der Waals surface area (Å²) in [6.07, 6.45) is 3.59. The maximum Gasteiger partial charge on any atom is 0.241 e. The van der Waals surface area contributed by atoms with Crippen LogP contribution in [-0.2, 0) is 4.79 Å². The third-order valence-corrected chi connectivity index (χ3v) is 4.74. The van der Waals surface area contributed by atoms with Crippen LogP contribution in [0, 0.1) is 5.92 Å². The highest BCUT2D eigenvalue weighted by molar-refractivity contribution is 6.30. The van der Waals surface area contributed by atoms with Crippen LogP contribution >= 0.6 is 11.6 Å². The second-order valence-corrected chi connectivity index (χ2v) is 6.48. The maximum absolute atomic E-state index is 12.4. The van der Waals surface area contributed by atoms with Crippen LogP contribution in [0.2, 0.25) is 5.02 Å². The van der Waals surface area contributed by atoms with Crippen molar-refractivity contribution in [3.63, 3.8) is 0 Å². The molecule has 1 aromatic carbocycles. The van der Waals surface area contributed by atoms with Crippen LogP contribution in [0.1, 0.15) is 26.2 Å². The zero-order chi connectivity index (χ0) is 15.9. The predicted molar refractivity (Wildman–Crippen MR) is 92.4 cm³/mol. The number of hydrogen-bond donors (Lipinski definition) is 2. The van der Waals surface area contributed by atoms with Crippen molar-refractivity contribution in [2.24, 2.45) is 5.92 Å². The summed E-state index contributed by atoms with van der Waals surface area (Å²) in [6, 6.07) is 7.14. The molecule has 0 saturated carbocycles. The maximum atomic E-state index is 12.4. The molecule has 1 amide bonds. The number of hydrogen-bond acceptors (Lipinski definition) is 3. The van der Waals surface area contributed by atoms with Gasteiger partial charge in [0.2, 0.25) is 5.91 Å². The van der Waals surface area contributed by atoms with Gasteiger partial charge in [0.15, 0.2) is 0 Å². The molecule has 5 heteroatoms. The number of piperidine rings is 1. The molecular formula is C17H26ClN3O. The Hall–Kier alpha value is -1.10. The SMILES string of the molecule is CNCCC1CCN(C(C)C(=O)Nc2ccc(Cl)cc2)CC1. The minimum absolute atomic E-state index is 0.0518. The first-order valence-corrected chi connectivity index (χ1v) is 8.43. The van der Waals surface area contributed by atoms with Crippen molar-refractivity contribution in [1.82, 2.24) is 10.2 Å². The van der Waals surface area contributed by atoms with E-state index in [-0.39, 0.29) is 11.9 Å². The minimum Gasteiger partial charge on any atom is -0.325 e. The van der Waals surface area contributed by atoms with Crippen molar-refractivity contribution in [1.29, 1.82) is 0 Å². The number of halogens is 1. The van der Waals surface area contributed by atoms with Crippen molar-refractivity contribution >= 4 is 23.2 Å². The van der Waals surface area contributed by atoms with Crippen molar-refractivity contribution in [3.8, 4) is 0 Å². The van der Waals surface area contributed by atoms with Crippen LogP contribution in [0.3, 0.4) is 0 Å². The Morgan fingerprint density at radius 3 is 2.55 bits per heavy atom. The summed E-state index contributed by atoms with van der Waals surface area (Å²) in [6.45, 7) is 5.07. The molecule has 0 aromatic heterocycles. The van der Waals surface area contributed by atoms with E-state index in [1.54, 1.807) is 12.1 Å². The van der Waals surface area contributed by atoms with Gasteiger partial charge in [-0.3, -0.25) is 9.69 Å². The van der Waals surface area contributed by atoms with Crippen LogP contribution in [0.25, 0.3) is 0 Å². The first kappa shape index (κ1) is 17.3. The zero-order valence-corrected chi connectivity index (χ0v) is 14.2. The fraction of sp³-hybridized carbons (Fsp3) is 0.588. The average Bonchev–Trinajstić information content (AvgIpc) is 2.55. The molecule has 0 spiro atoms. The van der Waals surface area contributed by atoms with Crippen molar-refractivity contribution < 1.29 is 4.79 Å². The number of nitrogens with zero attached hydrogens (tertiary/aromatic N) is 1. The molecule has 2 N–H and O–H groups in total. The van der Waals surface area contributed by atoms with E-state index in [1.807, 2.05) is 26.1 Å². The molecule has 0 aliphatic carbocycles. The molecule has 1 aliphatic rings. The highest BCUT2D eigenvalue weighted by atomic mass is 35.5. The molecule has 1 unspecified atom stereocenters. The molecule has 1 saturated heterocycles. The molecule has 2 rings (SSSR count). The lowest BCUT2D eigenvalue weighted by atomic mass is 9.93. The third kappa shape index (κ3) is 4.97. The summed E-state index contributed by atoms with van der Waals surface area (Å²) in [5, 5.41) is 6.85. The van der Waals surface area contributed by atoms with Crippen LogP contribution in [0.4, 0.5) is 5.69 Å². The van der Waals surface area contributed by atoms with Crippen molar-refractivity contribution in [2.75, 3.05) is 32.0 Å². The topological polar surface area (TPSA) is 44.4 Å². The van der Waals surface area contributed by atoms with Gasteiger partial charge < -0.3 is 10.6 Å². The second-order valence-electron chi connectivity index (χ2n) is 6.04. The first-order valence-electron chi connectivity index (χ1n) is 8.05. The second kappa shape index (κ2) is 8.51. The largest absolute Gasteiger partial charge is 0.325 e. The molecule has 1 heterocycles. The van der Waals surface area contributed by atoms with E-state index in [0.717, 1.165) is 31.2 Å². The normalized spacial score (nSPS) is 18.1. The minimum atomic E-state index is -0.0964. The lowest BCUT2D eigenvalue weighted by Crippen LogP contribution is -2.46. The van der Waals surface area contributed by atoms with Crippen molar-refractivity contribution in [2.45, 2.75) is 32.2 Å². The van der Waals surface area contributed by atoms with Crippen molar-refractivity contribution in [3.05, 3.63) is 29.3 Å². The molecule has 4 nitrogen and oxygen atoms in total. The summed E-state index contributed by atoms with van der Waals surface area (Å²) < 4.78 is 0. The van der Waals surface area contributed by atoms with E-state index in [2.05, 4.69) is 15.5 Å². The molecule has 1 fully saturated rings. The smallest absolute Gasteiger partial charge is 0.241 e. The van der Waals surface area contributed by atoms with E-state index in [1.165, 1.54) is 19.3 Å². The van der Waals surface area contributed by atoms with E-state index in [4.69, 9.17) is 11.6 Å². The van der Waals surface area contributed by atoms with E-state index in [9.17, 15) is 4.79 Å². The Balaban J connectivity index is 1.80. The Morgan fingerprint density at radius 1 is 1.32 bits per heavy atom. The van der Waals surface area contributed by atoms with Gasteiger partial charge in [0, 0.05) is 10.7 Å². The van der Waals surface area contributed by atoms with E-state index < -0.39 is 0 Å². The van der Waals surface area contributed by atoms with Gasteiger partial charge in [-0.15, -0.1) is 0 Å². The summed E-state index contributed by atoms with van der Waals surface area (Å²) in [5.41, 5.74) is 0.796. The molecule has 0 radical (unpaired) electrons. The number of amides is 1. The van der Waals surface area contributed by atoms with Crippen LogP contribution in [0.5, 0.6) is 0 Å². The number of benzene rings is 1. The lowest BCUT2D eigenvalue weighted by Gasteiger charge is -2.35. The Kier molecular flexibility index (Phi) is 6.68. The molecule has 1 atom stereocenters. The Labute approximate surface area is 138 Å². The van der Waals surface area contributed by atoms with Gasteiger partial charge in [-0.05, 0) is 83.1 Å².